The van der Waals surface area contributed by atoms with Gasteiger partial charge in [0.2, 0.25) is 0 Å². The second kappa shape index (κ2) is 7.17. The number of nitrogens with one attached hydrogen (secondary N) is 1. The molecule has 0 fully saturated rings. The number of amides is 1. The normalized spacial score (nSPS) is 11.0. The molecular weight excluding hydrogens is 398 g/mol. The largest absolute Gasteiger partial charge is 0.465 e. The third-order valence-corrected chi connectivity index (χ3v) is 6.31. The van der Waals surface area contributed by atoms with Crippen LogP contribution in [0.4, 0.5) is 5.00 Å². The van der Waals surface area contributed by atoms with Crippen molar-refractivity contribution in [3.63, 3.8) is 0 Å². The van der Waals surface area contributed by atoms with Crippen LogP contribution in [-0.4, -0.2) is 29.0 Å². The van der Waals surface area contributed by atoms with Gasteiger partial charge >= 0.3 is 5.97 Å². The lowest BCUT2D eigenvalue weighted by Crippen LogP contribution is -2.10. The second-order valence-corrected chi connectivity index (χ2v) is 8.04. The molecule has 0 aliphatic heterocycles. The highest BCUT2D eigenvalue weighted by atomic mass is 32.1. The Bertz CT molecular complexity index is 1190. The molecule has 0 aliphatic rings. The van der Waals surface area contributed by atoms with Crippen molar-refractivity contribution in [1.29, 1.82) is 0 Å². The van der Waals surface area contributed by atoms with Crippen LogP contribution >= 0.6 is 22.7 Å². The maximum Gasteiger partial charge on any atom is 0.348 e. The number of ether oxygens (including phenoxy) is 1. The fourth-order valence-electron chi connectivity index (χ4n) is 2.86. The Morgan fingerprint density at radius 1 is 1.14 bits per heavy atom. The number of fused-ring (bicyclic) bond motifs is 1. The summed E-state index contributed by atoms with van der Waals surface area (Å²) in [5.74, 6) is 0.387. The van der Waals surface area contributed by atoms with Gasteiger partial charge in [-0.05, 0) is 43.7 Å². The number of aromatic nitrogens is 2. The molecule has 0 bridgehead atoms. The molecule has 0 saturated heterocycles. The third-order valence-electron chi connectivity index (χ3n) is 4.15. The van der Waals surface area contributed by atoms with Gasteiger partial charge in [0.05, 0.1) is 28.9 Å². The van der Waals surface area contributed by atoms with Crippen molar-refractivity contribution < 1.29 is 18.7 Å². The number of aryl methyl sites for hydroxylation is 2. The van der Waals surface area contributed by atoms with Crippen LogP contribution in [0.25, 0.3) is 21.8 Å². The minimum absolute atomic E-state index is 0.252. The van der Waals surface area contributed by atoms with Crippen molar-refractivity contribution in [3.05, 3.63) is 51.5 Å². The Morgan fingerprint density at radius 2 is 1.96 bits per heavy atom. The Kier molecular flexibility index (Phi) is 4.70. The van der Waals surface area contributed by atoms with Gasteiger partial charge in [0, 0.05) is 5.39 Å². The minimum atomic E-state index is -0.431. The molecule has 4 rings (SSSR count). The number of nitrogens with zero attached hydrogens (tertiary/aromatic N) is 2. The summed E-state index contributed by atoms with van der Waals surface area (Å²) in [4.78, 5) is 35.2. The van der Waals surface area contributed by atoms with E-state index in [0.29, 0.717) is 26.3 Å². The Morgan fingerprint density at radius 3 is 2.68 bits per heavy atom. The Labute approximate surface area is 168 Å². The molecule has 0 radical (unpaired) electrons. The van der Waals surface area contributed by atoms with E-state index in [0.717, 1.165) is 32.8 Å². The lowest BCUT2D eigenvalue weighted by Gasteiger charge is -2.02. The predicted molar refractivity (Wildman–Crippen MR) is 108 cm³/mol. The standard InChI is InChI=1S/C19H15N3O4S2/c1-9-14-10(2)20-16(11-5-4-8-26-11)22-18(14)28-15(9)17(23)21-13-7-6-12(27-13)19(24)25-3/h4-8H,1-3H3,(H,21,23). The van der Waals surface area contributed by atoms with Gasteiger partial charge < -0.3 is 14.5 Å². The average Bonchev–Trinajstić information content (AvgIpc) is 3.41. The van der Waals surface area contributed by atoms with Crippen molar-refractivity contribution in [3.8, 4) is 11.6 Å². The van der Waals surface area contributed by atoms with Gasteiger partial charge in [0.25, 0.3) is 5.91 Å². The zero-order valence-corrected chi connectivity index (χ0v) is 16.9. The highest BCUT2D eigenvalue weighted by Gasteiger charge is 2.21. The zero-order valence-electron chi connectivity index (χ0n) is 15.2. The summed E-state index contributed by atoms with van der Waals surface area (Å²) >= 11 is 2.47. The van der Waals surface area contributed by atoms with E-state index in [1.807, 2.05) is 13.8 Å². The van der Waals surface area contributed by atoms with Crippen LogP contribution in [0, 0.1) is 13.8 Å². The average molecular weight is 413 g/mol. The summed E-state index contributed by atoms with van der Waals surface area (Å²) in [5.41, 5.74) is 1.61. The molecule has 1 amide bonds. The number of methoxy groups -OCH3 is 1. The Balaban J connectivity index is 1.67. The number of esters is 1. The van der Waals surface area contributed by atoms with Crippen LogP contribution in [0.3, 0.4) is 0 Å². The first-order chi connectivity index (χ1) is 13.5. The lowest BCUT2D eigenvalue weighted by atomic mass is 10.1. The number of carbonyl (C=O) groups excluding carboxylic acids is 2. The van der Waals surface area contributed by atoms with Crippen LogP contribution in [-0.2, 0) is 4.74 Å². The molecular formula is C19H15N3O4S2. The van der Waals surface area contributed by atoms with E-state index in [9.17, 15) is 9.59 Å². The van der Waals surface area contributed by atoms with Crippen LogP contribution in [0.2, 0.25) is 0 Å². The van der Waals surface area contributed by atoms with Crippen molar-refractivity contribution in [2.75, 3.05) is 12.4 Å². The summed E-state index contributed by atoms with van der Waals surface area (Å²) in [5, 5.41) is 4.27. The van der Waals surface area contributed by atoms with E-state index in [2.05, 4.69) is 15.3 Å². The van der Waals surface area contributed by atoms with Crippen molar-refractivity contribution in [1.82, 2.24) is 9.97 Å². The molecule has 0 aliphatic carbocycles. The van der Waals surface area contributed by atoms with Crippen molar-refractivity contribution in [2.45, 2.75) is 13.8 Å². The van der Waals surface area contributed by atoms with E-state index in [-0.39, 0.29) is 5.91 Å². The minimum Gasteiger partial charge on any atom is -0.465 e. The van der Waals surface area contributed by atoms with E-state index < -0.39 is 5.97 Å². The molecule has 28 heavy (non-hydrogen) atoms. The van der Waals surface area contributed by atoms with Gasteiger partial charge in [-0.2, -0.15) is 0 Å². The first-order valence-electron chi connectivity index (χ1n) is 8.29. The molecule has 4 aromatic heterocycles. The topological polar surface area (TPSA) is 94.3 Å². The summed E-state index contributed by atoms with van der Waals surface area (Å²) in [7, 11) is 1.32. The Hall–Kier alpha value is -3.04. The van der Waals surface area contributed by atoms with Gasteiger partial charge in [0.1, 0.15) is 9.71 Å². The lowest BCUT2D eigenvalue weighted by molar-refractivity contribution is 0.0606. The van der Waals surface area contributed by atoms with E-state index >= 15 is 0 Å². The van der Waals surface area contributed by atoms with E-state index in [1.165, 1.54) is 18.4 Å². The smallest absolute Gasteiger partial charge is 0.348 e. The van der Waals surface area contributed by atoms with E-state index in [4.69, 9.17) is 9.15 Å². The molecule has 7 nitrogen and oxygen atoms in total. The fraction of sp³-hybridized carbons (Fsp3) is 0.158. The molecule has 142 valence electrons. The second-order valence-electron chi connectivity index (χ2n) is 5.96. The molecule has 0 spiro atoms. The van der Waals surface area contributed by atoms with E-state index in [1.54, 1.807) is 30.5 Å². The molecule has 4 heterocycles. The first kappa shape index (κ1) is 18.3. The van der Waals surface area contributed by atoms with Crippen molar-refractivity contribution >= 4 is 49.8 Å². The number of hydrogen-bond donors (Lipinski definition) is 1. The number of thiophene rings is 2. The quantitative estimate of drug-likeness (QED) is 0.489. The maximum absolute atomic E-state index is 12.8. The first-order valence-corrected chi connectivity index (χ1v) is 9.92. The number of furan rings is 1. The molecule has 4 aromatic rings. The number of rotatable bonds is 4. The van der Waals surface area contributed by atoms with Gasteiger partial charge in [-0.25, -0.2) is 14.8 Å². The number of hydrogen-bond acceptors (Lipinski definition) is 8. The van der Waals surface area contributed by atoms with Gasteiger partial charge in [-0.1, -0.05) is 0 Å². The molecule has 0 aromatic carbocycles. The van der Waals surface area contributed by atoms with Gasteiger partial charge in [0.15, 0.2) is 11.6 Å². The highest BCUT2D eigenvalue weighted by Crippen LogP contribution is 2.34. The maximum atomic E-state index is 12.8. The number of carbonyl (C=O) groups is 2. The summed E-state index contributed by atoms with van der Waals surface area (Å²) in [6.07, 6.45) is 1.57. The third kappa shape index (κ3) is 3.19. The SMILES string of the molecule is COC(=O)c1ccc(NC(=O)c2sc3nc(-c4ccco4)nc(C)c3c2C)s1. The molecule has 0 unspecified atom stereocenters. The highest BCUT2D eigenvalue weighted by molar-refractivity contribution is 7.21. The zero-order chi connectivity index (χ0) is 19.8. The van der Waals surface area contributed by atoms with Crippen LogP contribution in [0.15, 0.2) is 34.9 Å². The van der Waals surface area contributed by atoms with Gasteiger partial charge in [-0.15, -0.1) is 22.7 Å². The summed E-state index contributed by atoms with van der Waals surface area (Å²) in [6, 6.07) is 6.87. The van der Waals surface area contributed by atoms with Crippen LogP contribution in [0.1, 0.15) is 30.6 Å². The predicted octanol–water partition coefficient (Wildman–Crippen LogP) is 4.67. The molecule has 0 atom stereocenters. The summed E-state index contributed by atoms with van der Waals surface area (Å²) < 4.78 is 10.1. The van der Waals surface area contributed by atoms with Crippen molar-refractivity contribution in [2.24, 2.45) is 0 Å². The van der Waals surface area contributed by atoms with Crippen LogP contribution in [0.5, 0.6) is 0 Å². The fourth-order valence-corrected chi connectivity index (χ4v) is 4.80. The molecule has 1 N–H and O–H groups in total. The molecule has 0 saturated carbocycles. The number of anilines is 1. The van der Waals surface area contributed by atoms with Crippen LogP contribution < -0.4 is 5.32 Å². The monoisotopic (exact) mass is 413 g/mol. The van der Waals surface area contributed by atoms with Gasteiger partial charge in [-0.3, -0.25) is 4.79 Å². The molecule has 9 heteroatoms. The summed E-state index contributed by atoms with van der Waals surface area (Å²) in [6.45, 7) is 3.77.